The van der Waals surface area contributed by atoms with Gasteiger partial charge in [-0.3, -0.25) is 4.90 Å². The molecule has 0 aromatic heterocycles. The van der Waals surface area contributed by atoms with Gasteiger partial charge in [-0.05, 0) is 36.6 Å². The van der Waals surface area contributed by atoms with Gasteiger partial charge in [-0.15, -0.1) is 0 Å². The molecule has 1 aliphatic heterocycles. The fourth-order valence-electron chi connectivity index (χ4n) is 2.34. The first-order valence-corrected chi connectivity index (χ1v) is 6.65. The highest BCUT2D eigenvalue weighted by molar-refractivity contribution is 6.42. The molecule has 0 saturated carbocycles. The summed E-state index contributed by atoms with van der Waals surface area (Å²) in [5, 5.41) is 1.31. The van der Waals surface area contributed by atoms with Crippen molar-refractivity contribution in [3.05, 3.63) is 33.8 Å². The van der Waals surface area contributed by atoms with Crippen LogP contribution in [0.4, 0.5) is 0 Å². The monoisotopic (exact) mass is 272 g/mol. The average molecular weight is 273 g/mol. The molecule has 1 saturated heterocycles. The Morgan fingerprint density at radius 1 is 1.41 bits per heavy atom. The fraction of sp³-hybridized carbons (Fsp3) is 0.538. The first-order chi connectivity index (χ1) is 8.04. The lowest BCUT2D eigenvalue weighted by Crippen LogP contribution is -2.31. The molecule has 1 atom stereocenters. The second-order valence-corrected chi connectivity index (χ2v) is 5.97. The molecule has 1 aromatic rings. The van der Waals surface area contributed by atoms with Crippen LogP contribution in [-0.2, 0) is 6.54 Å². The van der Waals surface area contributed by atoms with Crippen molar-refractivity contribution in [2.45, 2.75) is 19.9 Å². The fourth-order valence-corrected chi connectivity index (χ4v) is 2.72. The smallest absolute Gasteiger partial charge is 0.0637 e. The quantitative estimate of drug-likeness (QED) is 0.916. The van der Waals surface area contributed by atoms with Gasteiger partial charge in [0.1, 0.15) is 0 Å². The molecule has 0 radical (unpaired) electrons. The minimum Gasteiger partial charge on any atom is -0.330 e. The van der Waals surface area contributed by atoms with Crippen LogP contribution in [0.25, 0.3) is 0 Å². The highest BCUT2D eigenvalue weighted by atomic mass is 35.5. The van der Waals surface area contributed by atoms with Crippen molar-refractivity contribution in [3.63, 3.8) is 0 Å². The van der Waals surface area contributed by atoms with E-state index in [2.05, 4.69) is 11.8 Å². The van der Waals surface area contributed by atoms with E-state index in [1.54, 1.807) is 0 Å². The Hall–Kier alpha value is -0.280. The van der Waals surface area contributed by atoms with Gasteiger partial charge in [0, 0.05) is 13.1 Å². The predicted octanol–water partition coefficient (Wildman–Crippen LogP) is 3.16. The summed E-state index contributed by atoms with van der Waals surface area (Å²) >= 11 is 12.2. The number of hydrogen-bond acceptors (Lipinski definition) is 2. The summed E-state index contributed by atoms with van der Waals surface area (Å²) in [6, 6.07) is 5.80. The third-order valence-electron chi connectivity index (χ3n) is 3.56. The lowest BCUT2D eigenvalue weighted by molar-refractivity contribution is 0.274. The van der Waals surface area contributed by atoms with E-state index in [1.807, 2.05) is 18.2 Å². The van der Waals surface area contributed by atoms with Crippen LogP contribution in [0.15, 0.2) is 18.2 Å². The van der Waals surface area contributed by atoms with Gasteiger partial charge in [0.2, 0.25) is 0 Å². The van der Waals surface area contributed by atoms with E-state index in [1.165, 1.54) is 0 Å². The minimum absolute atomic E-state index is 0.255. The maximum atomic E-state index is 6.19. The van der Waals surface area contributed by atoms with Crippen molar-refractivity contribution in [2.75, 3.05) is 19.6 Å². The molecule has 1 fully saturated rings. The molecule has 0 bridgehead atoms. The van der Waals surface area contributed by atoms with E-state index in [0.717, 1.165) is 38.2 Å². The second-order valence-electron chi connectivity index (χ2n) is 5.19. The number of nitrogens with two attached hydrogens (primary N) is 1. The molecule has 17 heavy (non-hydrogen) atoms. The zero-order chi connectivity index (χ0) is 12.5. The Kier molecular flexibility index (Phi) is 3.99. The summed E-state index contributed by atoms with van der Waals surface area (Å²) in [7, 11) is 0. The first-order valence-electron chi connectivity index (χ1n) is 5.89. The third-order valence-corrected chi connectivity index (χ3v) is 4.41. The molecule has 1 aliphatic rings. The Labute approximate surface area is 113 Å². The van der Waals surface area contributed by atoms with Gasteiger partial charge < -0.3 is 5.73 Å². The molecule has 4 heteroatoms. The van der Waals surface area contributed by atoms with Crippen LogP contribution < -0.4 is 5.73 Å². The van der Waals surface area contributed by atoms with E-state index in [-0.39, 0.29) is 5.41 Å². The van der Waals surface area contributed by atoms with Gasteiger partial charge in [-0.2, -0.15) is 0 Å². The van der Waals surface area contributed by atoms with Crippen LogP contribution in [0.3, 0.4) is 0 Å². The molecule has 0 amide bonds. The standard InChI is InChI=1S/C13H18Cl2N2/c1-13(8-16)5-6-17(9-13)7-10-3-2-4-11(14)12(10)15/h2-4H,5-9,16H2,1H3. The molecular formula is C13H18Cl2N2. The van der Waals surface area contributed by atoms with Crippen LogP contribution in [0.1, 0.15) is 18.9 Å². The van der Waals surface area contributed by atoms with Crippen molar-refractivity contribution in [1.29, 1.82) is 0 Å². The van der Waals surface area contributed by atoms with E-state index < -0.39 is 0 Å². The lowest BCUT2D eigenvalue weighted by Gasteiger charge is -2.23. The van der Waals surface area contributed by atoms with Crippen LogP contribution in [0.2, 0.25) is 10.0 Å². The Bertz CT molecular complexity index is 408. The summed E-state index contributed by atoms with van der Waals surface area (Å²) < 4.78 is 0. The highest BCUT2D eigenvalue weighted by Gasteiger charge is 2.32. The zero-order valence-electron chi connectivity index (χ0n) is 10.0. The number of halogens is 2. The van der Waals surface area contributed by atoms with Crippen LogP contribution in [0, 0.1) is 5.41 Å². The number of nitrogens with zero attached hydrogens (tertiary/aromatic N) is 1. The van der Waals surface area contributed by atoms with Crippen molar-refractivity contribution in [1.82, 2.24) is 4.90 Å². The van der Waals surface area contributed by atoms with E-state index >= 15 is 0 Å². The average Bonchev–Trinajstić information content (AvgIpc) is 2.68. The second kappa shape index (κ2) is 5.15. The Balaban J connectivity index is 2.05. The van der Waals surface area contributed by atoms with Crippen molar-refractivity contribution in [3.8, 4) is 0 Å². The molecular weight excluding hydrogens is 255 g/mol. The summed E-state index contributed by atoms with van der Waals surface area (Å²) in [6.45, 7) is 5.96. The molecule has 1 heterocycles. The van der Waals surface area contributed by atoms with Gasteiger partial charge in [-0.1, -0.05) is 42.3 Å². The molecule has 94 valence electrons. The molecule has 0 spiro atoms. The molecule has 1 unspecified atom stereocenters. The Morgan fingerprint density at radius 2 is 2.18 bits per heavy atom. The SMILES string of the molecule is CC1(CN)CCN(Cc2cccc(Cl)c2Cl)C1. The van der Waals surface area contributed by atoms with Gasteiger partial charge in [-0.25, -0.2) is 0 Å². The normalized spacial score (nSPS) is 25.4. The zero-order valence-corrected chi connectivity index (χ0v) is 11.6. The topological polar surface area (TPSA) is 29.3 Å². The Morgan fingerprint density at radius 3 is 2.82 bits per heavy atom. The number of hydrogen-bond donors (Lipinski definition) is 1. The van der Waals surface area contributed by atoms with Gasteiger partial charge >= 0.3 is 0 Å². The third kappa shape index (κ3) is 2.94. The summed E-state index contributed by atoms with van der Waals surface area (Å²) in [6.07, 6.45) is 1.15. The highest BCUT2D eigenvalue weighted by Crippen LogP contribution is 2.32. The largest absolute Gasteiger partial charge is 0.330 e. The number of rotatable bonds is 3. The van der Waals surface area contributed by atoms with Gasteiger partial charge in [0.15, 0.2) is 0 Å². The summed E-state index contributed by atoms with van der Waals surface area (Å²) in [5.41, 5.74) is 7.16. The van der Waals surface area contributed by atoms with E-state index in [4.69, 9.17) is 28.9 Å². The maximum Gasteiger partial charge on any atom is 0.0637 e. The first kappa shape index (κ1) is 13.2. The molecule has 2 rings (SSSR count). The van der Waals surface area contributed by atoms with Crippen LogP contribution in [0.5, 0.6) is 0 Å². The summed E-state index contributed by atoms with van der Waals surface area (Å²) in [5.74, 6) is 0. The van der Waals surface area contributed by atoms with E-state index in [0.29, 0.717) is 10.0 Å². The minimum atomic E-state index is 0.255. The van der Waals surface area contributed by atoms with Crippen molar-refractivity contribution in [2.24, 2.45) is 11.1 Å². The number of likely N-dealkylation sites (tertiary alicyclic amines) is 1. The van der Waals surface area contributed by atoms with E-state index in [9.17, 15) is 0 Å². The predicted molar refractivity (Wildman–Crippen MR) is 73.5 cm³/mol. The number of benzene rings is 1. The molecule has 1 aromatic carbocycles. The molecule has 2 nitrogen and oxygen atoms in total. The molecule has 2 N–H and O–H groups in total. The molecule has 0 aliphatic carbocycles. The van der Waals surface area contributed by atoms with Crippen molar-refractivity contribution >= 4 is 23.2 Å². The van der Waals surface area contributed by atoms with Gasteiger partial charge in [0.05, 0.1) is 10.0 Å². The maximum absolute atomic E-state index is 6.19. The van der Waals surface area contributed by atoms with Crippen LogP contribution in [-0.4, -0.2) is 24.5 Å². The van der Waals surface area contributed by atoms with Crippen LogP contribution >= 0.6 is 23.2 Å². The summed E-state index contributed by atoms with van der Waals surface area (Å²) in [4.78, 5) is 2.39. The van der Waals surface area contributed by atoms with Gasteiger partial charge in [0.25, 0.3) is 0 Å². The van der Waals surface area contributed by atoms with Crippen molar-refractivity contribution < 1.29 is 0 Å². The lowest BCUT2D eigenvalue weighted by atomic mass is 9.90.